The molecule has 2 rings (SSSR count). The van der Waals surface area contributed by atoms with Crippen LogP contribution in [0.15, 0.2) is 18.3 Å². The summed E-state index contributed by atoms with van der Waals surface area (Å²) < 4.78 is 28.4. The Kier molecular flexibility index (Phi) is 5.13. The maximum atomic E-state index is 11.6. The zero-order chi connectivity index (χ0) is 17.1. The molecule has 0 spiro atoms. The van der Waals surface area contributed by atoms with Crippen molar-refractivity contribution in [1.29, 1.82) is 0 Å². The molecule has 1 aromatic heterocycles. The monoisotopic (exact) mass is 341 g/mol. The number of amides is 1. The number of nitrogens with one attached hydrogen (secondary N) is 2. The van der Waals surface area contributed by atoms with Gasteiger partial charge in [0.05, 0.1) is 23.4 Å². The zero-order valence-corrected chi connectivity index (χ0v) is 14.4. The molecule has 1 atom stereocenters. The summed E-state index contributed by atoms with van der Waals surface area (Å²) in [6.07, 6.45) is 2.49. The van der Waals surface area contributed by atoms with Crippen LogP contribution in [0.1, 0.15) is 33.6 Å². The molecule has 1 saturated heterocycles. The van der Waals surface area contributed by atoms with Crippen LogP contribution in [0, 0.1) is 0 Å². The number of rotatable bonds is 3. The first-order valence-corrected chi connectivity index (χ1v) is 9.38. The van der Waals surface area contributed by atoms with Gasteiger partial charge in [-0.2, -0.15) is 0 Å². The Labute approximate surface area is 136 Å². The van der Waals surface area contributed by atoms with Crippen molar-refractivity contribution in [3.8, 4) is 0 Å². The molecule has 0 aliphatic carbocycles. The number of nitrogens with zero attached hydrogens (tertiary/aromatic N) is 1. The fraction of sp³-hybridized carbons (Fsp3) is 0.600. The number of pyridine rings is 1. The van der Waals surface area contributed by atoms with Crippen molar-refractivity contribution in [1.82, 2.24) is 4.98 Å². The topological polar surface area (TPSA) is 97.4 Å². The average Bonchev–Trinajstić information content (AvgIpc) is 2.37. The minimum Gasteiger partial charge on any atom is -0.444 e. The van der Waals surface area contributed by atoms with Gasteiger partial charge >= 0.3 is 6.09 Å². The molecular weight excluding hydrogens is 318 g/mol. The average molecular weight is 341 g/mol. The standard InChI is InChI=1S/C15H23N3O4S/c1-15(2,3)22-14(19)18-13-7-6-11(9-16-13)17-12-5-4-8-23(20,21)10-12/h6-7,9,12,17H,4-5,8,10H2,1-3H3,(H,16,18,19). The predicted molar refractivity (Wildman–Crippen MR) is 89.4 cm³/mol. The van der Waals surface area contributed by atoms with Crippen LogP contribution in [0.4, 0.5) is 16.3 Å². The van der Waals surface area contributed by atoms with E-state index in [0.29, 0.717) is 12.2 Å². The first-order chi connectivity index (χ1) is 10.6. The molecule has 0 aromatic carbocycles. The highest BCUT2D eigenvalue weighted by Gasteiger charge is 2.24. The van der Waals surface area contributed by atoms with E-state index in [1.165, 1.54) is 0 Å². The molecule has 1 amide bonds. The van der Waals surface area contributed by atoms with Crippen molar-refractivity contribution < 1.29 is 17.9 Å². The van der Waals surface area contributed by atoms with Gasteiger partial charge in [-0.1, -0.05) is 0 Å². The second-order valence-corrected chi connectivity index (χ2v) is 8.89. The quantitative estimate of drug-likeness (QED) is 0.876. The molecule has 1 aromatic rings. The molecule has 7 nitrogen and oxygen atoms in total. The minimum absolute atomic E-state index is 0.0970. The normalized spacial score (nSPS) is 20.6. The van der Waals surface area contributed by atoms with E-state index in [1.54, 1.807) is 39.1 Å². The van der Waals surface area contributed by atoms with Crippen LogP contribution in [0.25, 0.3) is 0 Å². The Morgan fingerprint density at radius 3 is 2.65 bits per heavy atom. The van der Waals surface area contributed by atoms with E-state index in [9.17, 15) is 13.2 Å². The van der Waals surface area contributed by atoms with Crippen molar-refractivity contribution in [2.24, 2.45) is 0 Å². The number of hydrogen-bond acceptors (Lipinski definition) is 6. The number of ether oxygens (including phenoxy) is 1. The number of aromatic nitrogens is 1. The van der Waals surface area contributed by atoms with Crippen LogP contribution >= 0.6 is 0 Å². The fourth-order valence-electron chi connectivity index (χ4n) is 2.33. The van der Waals surface area contributed by atoms with Crippen LogP contribution in [0.2, 0.25) is 0 Å². The van der Waals surface area contributed by atoms with Crippen molar-refractivity contribution in [3.05, 3.63) is 18.3 Å². The molecule has 1 aliphatic rings. The number of carbonyl (C=O) groups excluding carboxylic acids is 1. The van der Waals surface area contributed by atoms with Crippen molar-refractivity contribution >= 4 is 27.4 Å². The van der Waals surface area contributed by atoms with Crippen LogP contribution < -0.4 is 10.6 Å². The highest BCUT2D eigenvalue weighted by atomic mass is 32.2. The highest BCUT2D eigenvalue weighted by Crippen LogP contribution is 2.18. The summed E-state index contributed by atoms with van der Waals surface area (Å²) in [4.78, 5) is 15.8. The molecule has 0 radical (unpaired) electrons. The molecule has 23 heavy (non-hydrogen) atoms. The van der Waals surface area contributed by atoms with Crippen LogP contribution in [0.5, 0.6) is 0 Å². The molecule has 1 unspecified atom stereocenters. The third-order valence-electron chi connectivity index (χ3n) is 3.23. The molecule has 1 fully saturated rings. The van der Waals surface area contributed by atoms with Gasteiger partial charge in [0.2, 0.25) is 0 Å². The molecule has 0 bridgehead atoms. The first-order valence-electron chi connectivity index (χ1n) is 7.56. The molecular formula is C15H23N3O4S. The predicted octanol–water partition coefficient (Wildman–Crippen LogP) is 2.42. The lowest BCUT2D eigenvalue weighted by Gasteiger charge is -2.24. The zero-order valence-electron chi connectivity index (χ0n) is 13.6. The van der Waals surface area contributed by atoms with E-state index in [2.05, 4.69) is 15.6 Å². The number of carbonyl (C=O) groups is 1. The van der Waals surface area contributed by atoms with Crippen molar-refractivity contribution in [2.75, 3.05) is 22.1 Å². The smallest absolute Gasteiger partial charge is 0.413 e. The Morgan fingerprint density at radius 2 is 2.09 bits per heavy atom. The summed E-state index contributed by atoms with van der Waals surface area (Å²) in [5, 5.41) is 5.72. The van der Waals surface area contributed by atoms with Crippen LogP contribution in [-0.2, 0) is 14.6 Å². The molecule has 8 heteroatoms. The molecule has 128 valence electrons. The van der Waals surface area contributed by atoms with Crippen molar-refractivity contribution in [3.63, 3.8) is 0 Å². The second-order valence-electron chi connectivity index (χ2n) is 6.66. The van der Waals surface area contributed by atoms with Crippen LogP contribution in [-0.4, -0.2) is 42.6 Å². The molecule has 2 N–H and O–H groups in total. The second kappa shape index (κ2) is 6.74. The summed E-state index contributed by atoms with van der Waals surface area (Å²) >= 11 is 0. The van der Waals surface area contributed by atoms with Crippen molar-refractivity contribution in [2.45, 2.75) is 45.3 Å². The molecule has 2 heterocycles. The van der Waals surface area contributed by atoms with Gasteiger partial charge in [-0.25, -0.2) is 18.2 Å². The lowest BCUT2D eigenvalue weighted by atomic mass is 10.2. The van der Waals surface area contributed by atoms with E-state index in [1.807, 2.05) is 0 Å². The maximum Gasteiger partial charge on any atom is 0.413 e. The summed E-state index contributed by atoms with van der Waals surface area (Å²) in [5.74, 6) is 0.786. The lowest BCUT2D eigenvalue weighted by Crippen LogP contribution is -2.34. The molecule has 1 aliphatic heterocycles. The van der Waals surface area contributed by atoms with Gasteiger partial charge in [0, 0.05) is 6.04 Å². The van der Waals surface area contributed by atoms with Crippen LogP contribution in [0.3, 0.4) is 0 Å². The van der Waals surface area contributed by atoms with Gasteiger partial charge in [0.15, 0.2) is 9.84 Å². The maximum absolute atomic E-state index is 11.6. The Balaban J connectivity index is 1.91. The van der Waals surface area contributed by atoms with E-state index >= 15 is 0 Å². The van der Waals surface area contributed by atoms with Gasteiger partial charge in [-0.3, -0.25) is 5.32 Å². The Morgan fingerprint density at radius 1 is 1.35 bits per heavy atom. The fourth-order valence-corrected chi connectivity index (χ4v) is 3.97. The van der Waals surface area contributed by atoms with E-state index in [0.717, 1.165) is 12.1 Å². The van der Waals surface area contributed by atoms with Gasteiger partial charge in [0.25, 0.3) is 0 Å². The summed E-state index contributed by atoms with van der Waals surface area (Å²) in [5.41, 5.74) is 0.153. The van der Waals surface area contributed by atoms with Gasteiger partial charge in [-0.15, -0.1) is 0 Å². The molecule has 0 saturated carbocycles. The summed E-state index contributed by atoms with van der Waals surface area (Å²) in [6.45, 7) is 5.35. The Hall–Kier alpha value is -1.83. The van der Waals surface area contributed by atoms with E-state index in [-0.39, 0.29) is 17.5 Å². The third-order valence-corrected chi connectivity index (χ3v) is 5.05. The van der Waals surface area contributed by atoms with Gasteiger partial charge in [-0.05, 0) is 45.7 Å². The van der Waals surface area contributed by atoms with E-state index in [4.69, 9.17) is 4.74 Å². The third kappa shape index (κ3) is 6.05. The summed E-state index contributed by atoms with van der Waals surface area (Å²) in [7, 11) is -2.95. The number of anilines is 2. The van der Waals surface area contributed by atoms with Gasteiger partial charge in [0.1, 0.15) is 11.4 Å². The number of sulfone groups is 1. The SMILES string of the molecule is CC(C)(C)OC(=O)Nc1ccc(NC2CCCS(=O)(=O)C2)cn1. The highest BCUT2D eigenvalue weighted by molar-refractivity contribution is 7.91. The first kappa shape index (κ1) is 17.5. The number of hydrogen-bond donors (Lipinski definition) is 2. The van der Waals surface area contributed by atoms with Gasteiger partial charge < -0.3 is 10.1 Å². The summed E-state index contributed by atoms with van der Waals surface area (Å²) in [6, 6.07) is 3.30. The van der Waals surface area contributed by atoms with E-state index < -0.39 is 21.5 Å². The minimum atomic E-state index is -2.95. The lowest BCUT2D eigenvalue weighted by molar-refractivity contribution is 0.0635. The Bertz CT molecular complexity index is 650. The largest absolute Gasteiger partial charge is 0.444 e.